The van der Waals surface area contributed by atoms with Crippen LogP contribution in [0, 0.1) is 11.3 Å². The Morgan fingerprint density at radius 2 is 1.94 bits per heavy atom. The minimum atomic E-state index is -4.62. The number of carbonyl (C=O) groups is 2. The molecule has 0 spiro atoms. The molecule has 0 saturated heterocycles. The number of benzene rings is 2. The highest BCUT2D eigenvalue weighted by Crippen LogP contribution is 2.37. The third-order valence-corrected chi connectivity index (χ3v) is 5.78. The topological polar surface area (TPSA) is 100 Å². The fourth-order valence-corrected chi connectivity index (χ4v) is 3.88. The molecule has 1 unspecified atom stereocenters. The largest absolute Gasteiger partial charge is 0.456 e. The maximum absolute atomic E-state index is 13.3. The molecule has 0 saturated carbocycles. The molecule has 4 rings (SSSR count). The summed E-state index contributed by atoms with van der Waals surface area (Å²) in [7, 11) is 1.73. The van der Waals surface area contributed by atoms with E-state index in [1.807, 2.05) is 6.07 Å². The van der Waals surface area contributed by atoms with Crippen molar-refractivity contribution in [3.05, 3.63) is 94.7 Å². The number of rotatable bonds is 5. The normalized spacial score (nSPS) is 15.9. The zero-order valence-corrected chi connectivity index (χ0v) is 19.2. The third-order valence-electron chi connectivity index (χ3n) is 5.78. The molecular formula is C25H20F3N5O3. The third kappa shape index (κ3) is 4.79. The number of esters is 1. The number of nitriles is 1. The summed E-state index contributed by atoms with van der Waals surface area (Å²) in [6, 6.07) is 10.8. The maximum atomic E-state index is 13.3. The predicted octanol–water partition coefficient (Wildman–Crippen LogP) is 4.60. The Labute approximate surface area is 204 Å². The number of aromatic nitrogens is 2. The fraction of sp³-hybridized carbons (Fsp3) is 0.200. The van der Waals surface area contributed by atoms with E-state index >= 15 is 0 Å². The summed E-state index contributed by atoms with van der Waals surface area (Å²) in [5, 5.41) is 11.8. The van der Waals surface area contributed by atoms with E-state index in [1.165, 1.54) is 37.4 Å². The van der Waals surface area contributed by atoms with Crippen molar-refractivity contribution in [1.82, 2.24) is 14.9 Å². The lowest BCUT2D eigenvalue weighted by molar-refractivity contribution is -0.141. The zero-order chi connectivity index (χ0) is 26.0. The van der Waals surface area contributed by atoms with Gasteiger partial charge in [0.1, 0.15) is 6.61 Å². The zero-order valence-electron chi connectivity index (χ0n) is 19.2. The highest BCUT2D eigenvalue weighted by molar-refractivity contribution is 6.03. The molecule has 0 aliphatic carbocycles. The fourth-order valence-electron chi connectivity index (χ4n) is 3.88. The van der Waals surface area contributed by atoms with Crippen LogP contribution in [0.25, 0.3) is 0 Å². The van der Waals surface area contributed by atoms with Crippen molar-refractivity contribution >= 4 is 17.7 Å². The quantitative estimate of drug-likeness (QED) is 0.522. The van der Waals surface area contributed by atoms with Gasteiger partial charge in [-0.2, -0.15) is 18.4 Å². The number of alkyl halides is 3. The number of urea groups is 1. The Balaban J connectivity index is 1.77. The number of allylic oxidation sites excluding steroid dienone is 1. The molecule has 0 radical (unpaired) electrons. The van der Waals surface area contributed by atoms with Gasteiger partial charge >= 0.3 is 18.2 Å². The molecule has 1 N–H and O–H groups in total. The van der Waals surface area contributed by atoms with Gasteiger partial charge in [0.05, 0.1) is 52.7 Å². The van der Waals surface area contributed by atoms with E-state index < -0.39 is 29.8 Å². The molecule has 2 heterocycles. The van der Waals surface area contributed by atoms with Crippen LogP contribution in [-0.4, -0.2) is 21.6 Å². The number of halogens is 3. The summed E-state index contributed by atoms with van der Waals surface area (Å²) in [5.74, 6) is -0.764. The number of nitrogens with zero attached hydrogens (tertiary/aromatic N) is 4. The summed E-state index contributed by atoms with van der Waals surface area (Å²) in [6.07, 6.45) is -1.54. The van der Waals surface area contributed by atoms with Crippen molar-refractivity contribution < 1.29 is 27.5 Å². The van der Waals surface area contributed by atoms with E-state index in [9.17, 15) is 22.8 Å². The van der Waals surface area contributed by atoms with Crippen LogP contribution in [0.15, 0.2) is 72.3 Å². The van der Waals surface area contributed by atoms with Crippen molar-refractivity contribution in [2.45, 2.75) is 25.7 Å². The van der Waals surface area contributed by atoms with E-state index in [-0.39, 0.29) is 23.6 Å². The molecule has 1 aromatic heterocycles. The maximum Gasteiger partial charge on any atom is 0.416 e. The van der Waals surface area contributed by atoms with Gasteiger partial charge in [0, 0.05) is 12.7 Å². The van der Waals surface area contributed by atoms with Crippen LogP contribution in [0.4, 0.5) is 23.7 Å². The van der Waals surface area contributed by atoms with Crippen LogP contribution in [0.2, 0.25) is 0 Å². The molecule has 36 heavy (non-hydrogen) atoms. The molecular weight excluding hydrogens is 475 g/mol. The summed E-state index contributed by atoms with van der Waals surface area (Å²) >= 11 is 0. The van der Waals surface area contributed by atoms with Crippen LogP contribution in [0.3, 0.4) is 0 Å². The van der Waals surface area contributed by atoms with Crippen LogP contribution < -0.4 is 10.2 Å². The second-order valence-corrected chi connectivity index (χ2v) is 8.07. The number of imidazole rings is 1. The van der Waals surface area contributed by atoms with Gasteiger partial charge < -0.3 is 14.6 Å². The highest BCUT2D eigenvalue weighted by atomic mass is 19.4. The van der Waals surface area contributed by atoms with Gasteiger partial charge in [-0.15, -0.1) is 0 Å². The van der Waals surface area contributed by atoms with Crippen LogP contribution in [-0.2, 0) is 29.4 Å². The van der Waals surface area contributed by atoms with Gasteiger partial charge in [-0.25, -0.2) is 14.6 Å². The molecule has 2 amide bonds. The SMILES string of the molecule is CC1=C(C(=O)OCc2cncn2C)C(c2ccc(C#N)cc2)NC(=O)N1c1cccc(C(F)(F)F)c1. The Morgan fingerprint density at radius 1 is 1.22 bits per heavy atom. The molecule has 2 aromatic carbocycles. The van der Waals surface area contributed by atoms with Gasteiger partial charge in [0.25, 0.3) is 0 Å². The number of nitrogens with one attached hydrogen (secondary N) is 1. The minimum Gasteiger partial charge on any atom is -0.456 e. The number of aryl methyl sites for hydroxylation is 1. The molecule has 0 fully saturated rings. The first-order chi connectivity index (χ1) is 17.1. The van der Waals surface area contributed by atoms with E-state index in [1.54, 1.807) is 30.1 Å². The first-order valence-electron chi connectivity index (χ1n) is 10.7. The second-order valence-electron chi connectivity index (χ2n) is 8.07. The Kier molecular flexibility index (Phi) is 6.53. The van der Waals surface area contributed by atoms with Gasteiger partial charge in [-0.05, 0) is 42.8 Å². The second kappa shape index (κ2) is 9.58. The number of hydrogen-bond donors (Lipinski definition) is 1. The van der Waals surface area contributed by atoms with Crippen molar-refractivity contribution in [2.75, 3.05) is 4.90 Å². The van der Waals surface area contributed by atoms with E-state index in [0.717, 1.165) is 17.0 Å². The monoisotopic (exact) mass is 495 g/mol. The van der Waals surface area contributed by atoms with Gasteiger partial charge in [-0.1, -0.05) is 18.2 Å². The molecule has 0 bridgehead atoms. The van der Waals surface area contributed by atoms with Crippen molar-refractivity contribution in [1.29, 1.82) is 5.26 Å². The first kappa shape index (κ1) is 24.5. The molecule has 1 atom stereocenters. The van der Waals surface area contributed by atoms with Gasteiger partial charge in [0.2, 0.25) is 0 Å². The van der Waals surface area contributed by atoms with E-state index in [2.05, 4.69) is 10.3 Å². The summed E-state index contributed by atoms with van der Waals surface area (Å²) < 4.78 is 47.1. The highest BCUT2D eigenvalue weighted by Gasteiger charge is 2.38. The first-order valence-corrected chi connectivity index (χ1v) is 10.7. The van der Waals surface area contributed by atoms with E-state index in [4.69, 9.17) is 10.00 Å². The Hall–Kier alpha value is -4.59. The number of hydrogen-bond acceptors (Lipinski definition) is 5. The molecule has 11 heteroatoms. The van der Waals surface area contributed by atoms with Crippen molar-refractivity contribution in [3.63, 3.8) is 0 Å². The lowest BCUT2D eigenvalue weighted by Crippen LogP contribution is -2.48. The lowest BCUT2D eigenvalue weighted by Gasteiger charge is -2.35. The Morgan fingerprint density at radius 3 is 2.56 bits per heavy atom. The summed E-state index contributed by atoms with van der Waals surface area (Å²) in [4.78, 5) is 31.4. The summed E-state index contributed by atoms with van der Waals surface area (Å²) in [6.45, 7) is 1.36. The standard InChI is InChI=1S/C25H20F3N5O3/c1-15-21(23(34)36-13-20-12-30-14-32(20)2)22(17-8-6-16(11-29)7-9-17)31-24(35)33(15)19-5-3-4-18(10-19)25(26,27)28/h3-10,12,14,22H,13H2,1-2H3,(H,31,35). The molecule has 8 nitrogen and oxygen atoms in total. The molecule has 184 valence electrons. The number of ether oxygens (including phenoxy) is 1. The van der Waals surface area contributed by atoms with Crippen LogP contribution in [0.5, 0.6) is 0 Å². The number of amides is 2. The summed E-state index contributed by atoms with van der Waals surface area (Å²) in [5.41, 5.74) is 0.656. The average molecular weight is 495 g/mol. The number of anilines is 1. The van der Waals surface area contributed by atoms with Crippen LogP contribution >= 0.6 is 0 Å². The lowest BCUT2D eigenvalue weighted by atomic mass is 9.94. The number of carbonyl (C=O) groups excluding carboxylic acids is 2. The minimum absolute atomic E-state index is 0.0406. The van der Waals surface area contributed by atoms with E-state index in [0.29, 0.717) is 16.8 Å². The van der Waals surface area contributed by atoms with Crippen molar-refractivity contribution in [3.8, 4) is 6.07 Å². The van der Waals surface area contributed by atoms with Gasteiger partial charge in [-0.3, -0.25) is 4.90 Å². The molecule has 1 aliphatic heterocycles. The van der Waals surface area contributed by atoms with Crippen LogP contribution in [0.1, 0.15) is 35.3 Å². The molecule has 1 aliphatic rings. The molecule has 3 aromatic rings. The average Bonchev–Trinajstić information content (AvgIpc) is 3.26. The predicted molar refractivity (Wildman–Crippen MR) is 122 cm³/mol. The van der Waals surface area contributed by atoms with Crippen molar-refractivity contribution in [2.24, 2.45) is 7.05 Å². The smallest absolute Gasteiger partial charge is 0.416 e. The Bertz CT molecular complexity index is 1390. The van der Waals surface area contributed by atoms with Gasteiger partial charge in [0.15, 0.2) is 0 Å².